The Morgan fingerprint density at radius 2 is 1.82 bits per heavy atom. The van der Waals surface area contributed by atoms with Gasteiger partial charge in [-0.3, -0.25) is 9.80 Å². The average molecular weight is 290 g/mol. The first-order valence-electron chi connectivity index (χ1n) is 7.42. The molecule has 3 heteroatoms. The Morgan fingerprint density at radius 3 is 2.64 bits per heavy atom. The van der Waals surface area contributed by atoms with Gasteiger partial charge in [0.1, 0.15) is 5.71 Å². The summed E-state index contributed by atoms with van der Waals surface area (Å²) in [5.41, 5.74) is 3.90. The Labute approximate surface area is 130 Å². The number of carbonyl (C=O) groups is 1. The molecule has 1 aliphatic heterocycles. The van der Waals surface area contributed by atoms with Gasteiger partial charge in [-0.05, 0) is 36.6 Å². The second kappa shape index (κ2) is 6.39. The fourth-order valence-corrected chi connectivity index (χ4v) is 2.51. The zero-order valence-electron chi connectivity index (χ0n) is 12.6. The van der Waals surface area contributed by atoms with Crippen LogP contribution in [0.3, 0.4) is 0 Å². The summed E-state index contributed by atoms with van der Waals surface area (Å²) in [6.45, 7) is 2.59. The summed E-state index contributed by atoms with van der Waals surface area (Å²) in [6, 6.07) is 18.0. The number of nitrogens with zero attached hydrogens (tertiary/aromatic N) is 2. The van der Waals surface area contributed by atoms with Crippen LogP contribution in [0.4, 0.5) is 5.69 Å². The van der Waals surface area contributed by atoms with E-state index in [0.717, 1.165) is 24.2 Å². The smallest absolute Gasteiger partial charge is 0.201 e. The summed E-state index contributed by atoms with van der Waals surface area (Å²) in [5.74, 6) is -0.0618. The van der Waals surface area contributed by atoms with E-state index in [4.69, 9.17) is 0 Å². The quantitative estimate of drug-likeness (QED) is 0.635. The maximum Gasteiger partial charge on any atom is 0.201 e. The van der Waals surface area contributed by atoms with Gasteiger partial charge in [-0.2, -0.15) is 5.10 Å². The predicted octanol–water partition coefficient (Wildman–Crippen LogP) is 3.71. The van der Waals surface area contributed by atoms with Crippen LogP contribution in [0.1, 0.15) is 18.1 Å². The second-order valence-corrected chi connectivity index (χ2v) is 5.30. The lowest BCUT2D eigenvalue weighted by Gasteiger charge is -2.13. The van der Waals surface area contributed by atoms with Crippen LogP contribution in [0.5, 0.6) is 0 Å². The van der Waals surface area contributed by atoms with Crippen LogP contribution in [-0.4, -0.2) is 18.0 Å². The normalized spacial score (nSPS) is 14.4. The van der Waals surface area contributed by atoms with Gasteiger partial charge >= 0.3 is 0 Å². The maximum absolute atomic E-state index is 12.2. The van der Waals surface area contributed by atoms with Crippen molar-refractivity contribution < 1.29 is 4.79 Å². The number of benzene rings is 2. The zero-order valence-corrected chi connectivity index (χ0v) is 12.6. The third-order valence-corrected chi connectivity index (χ3v) is 3.72. The van der Waals surface area contributed by atoms with E-state index in [2.05, 4.69) is 11.2 Å². The molecule has 1 heterocycles. The van der Waals surface area contributed by atoms with Crippen LogP contribution in [0, 0.1) is 0 Å². The summed E-state index contributed by atoms with van der Waals surface area (Å²) in [5, 5.41) is 6.39. The number of ketones is 1. The van der Waals surface area contributed by atoms with E-state index >= 15 is 0 Å². The Bertz CT molecular complexity index is 732. The van der Waals surface area contributed by atoms with Gasteiger partial charge in [0, 0.05) is 6.54 Å². The van der Waals surface area contributed by atoms with Crippen LogP contribution in [0.2, 0.25) is 0 Å². The number of anilines is 1. The van der Waals surface area contributed by atoms with E-state index in [-0.39, 0.29) is 5.78 Å². The summed E-state index contributed by atoms with van der Waals surface area (Å²) in [6.07, 6.45) is 4.37. The number of hydrogen-bond acceptors (Lipinski definition) is 3. The number of allylic oxidation sites excluding steroid dienone is 1. The van der Waals surface area contributed by atoms with Crippen molar-refractivity contribution in [1.29, 1.82) is 0 Å². The minimum absolute atomic E-state index is 0.0618. The largest absolute Gasteiger partial charge is 0.288 e. The molecule has 3 nitrogen and oxygen atoms in total. The van der Waals surface area contributed by atoms with Gasteiger partial charge in [-0.1, -0.05) is 54.6 Å². The molecule has 0 unspecified atom stereocenters. The van der Waals surface area contributed by atoms with Gasteiger partial charge in [0.25, 0.3) is 0 Å². The summed E-state index contributed by atoms with van der Waals surface area (Å²) in [7, 11) is 0. The number of hydrazone groups is 1. The molecule has 22 heavy (non-hydrogen) atoms. The van der Waals surface area contributed by atoms with Gasteiger partial charge < -0.3 is 0 Å². The number of carbonyl (C=O) groups excluding carboxylic acids is 1. The van der Waals surface area contributed by atoms with Crippen LogP contribution in [-0.2, 0) is 11.2 Å². The molecule has 0 radical (unpaired) electrons. The van der Waals surface area contributed by atoms with Gasteiger partial charge in [-0.25, -0.2) is 0 Å². The van der Waals surface area contributed by atoms with Crippen molar-refractivity contribution in [3.63, 3.8) is 0 Å². The minimum Gasteiger partial charge on any atom is -0.288 e. The molecule has 0 bridgehead atoms. The van der Waals surface area contributed by atoms with E-state index in [1.165, 1.54) is 5.56 Å². The molecule has 0 saturated carbocycles. The summed E-state index contributed by atoms with van der Waals surface area (Å²) >= 11 is 0. The molecule has 0 spiro atoms. The fraction of sp³-hybridized carbons (Fsp3) is 0.158. The number of hydrogen-bond donors (Lipinski definition) is 0. The SMILES string of the molecule is C/C(=N\N1CCc2ccccc21)C(=O)/C=C/c1ccccc1. The van der Waals surface area contributed by atoms with Crippen molar-refractivity contribution in [2.45, 2.75) is 13.3 Å². The van der Waals surface area contributed by atoms with E-state index in [1.54, 1.807) is 13.0 Å². The van der Waals surface area contributed by atoms with Crippen molar-refractivity contribution in [2.75, 3.05) is 11.6 Å². The van der Waals surface area contributed by atoms with Gasteiger partial charge in [-0.15, -0.1) is 0 Å². The Hall–Kier alpha value is -2.68. The van der Waals surface area contributed by atoms with E-state index < -0.39 is 0 Å². The molecule has 0 aliphatic carbocycles. The van der Waals surface area contributed by atoms with Crippen molar-refractivity contribution in [3.05, 3.63) is 71.8 Å². The van der Waals surface area contributed by atoms with E-state index in [9.17, 15) is 4.79 Å². The standard InChI is InChI=1S/C19H18N2O/c1-15(19(22)12-11-16-7-3-2-4-8-16)20-21-14-13-17-9-5-6-10-18(17)21/h2-12H,13-14H2,1H3/b12-11+,20-15+. The first kappa shape index (κ1) is 14.3. The van der Waals surface area contributed by atoms with Crippen LogP contribution in [0.15, 0.2) is 65.8 Å². The molecular weight excluding hydrogens is 272 g/mol. The first-order chi connectivity index (χ1) is 10.7. The molecular formula is C19H18N2O. The maximum atomic E-state index is 12.2. The highest BCUT2D eigenvalue weighted by molar-refractivity contribution is 6.43. The lowest BCUT2D eigenvalue weighted by atomic mass is 10.2. The Kier molecular flexibility index (Phi) is 4.15. The predicted molar refractivity (Wildman–Crippen MR) is 91.1 cm³/mol. The van der Waals surface area contributed by atoms with Crippen LogP contribution >= 0.6 is 0 Å². The first-order valence-corrected chi connectivity index (χ1v) is 7.42. The minimum atomic E-state index is -0.0618. The monoisotopic (exact) mass is 290 g/mol. The average Bonchev–Trinajstić information content (AvgIpc) is 2.97. The van der Waals surface area contributed by atoms with E-state index in [0.29, 0.717) is 5.71 Å². The topological polar surface area (TPSA) is 32.7 Å². The lowest BCUT2D eigenvalue weighted by Crippen LogP contribution is -2.18. The molecule has 2 aromatic rings. The lowest BCUT2D eigenvalue weighted by molar-refractivity contribution is -0.108. The third-order valence-electron chi connectivity index (χ3n) is 3.72. The highest BCUT2D eigenvalue weighted by atomic mass is 16.1. The fourth-order valence-electron chi connectivity index (χ4n) is 2.51. The molecule has 0 saturated heterocycles. The molecule has 0 atom stereocenters. The highest BCUT2D eigenvalue weighted by Crippen LogP contribution is 2.27. The van der Waals surface area contributed by atoms with Crippen molar-refractivity contribution in [3.8, 4) is 0 Å². The van der Waals surface area contributed by atoms with Crippen molar-refractivity contribution in [1.82, 2.24) is 0 Å². The van der Waals surface area contributed by atoms with Crippen LogP contribution in [0.25, 0.3) is 6.08 Å². The second-order valence-electron chi connectivity index (χ2n) is 5.30. The Balaban J connectivity index is 1.73. The molecule has 1 aliphatic rings. The highest BCUT2D eigenvalue weighted by Gasteiger charge is 2.18. The summed E-state index contributed by atoms with van der Waals surface area (Å²) in [4.78, 5) is 12.2. The van der Waals surface area contributed by atoms with E-state index in [1.807, 2.05) is 59.6 Å². The number of fused-ring (bicyclic) bond motifs is 1. The molecule has 0 aromatic heterocycles. The van der Waals surface area contributed by atoms with Crippen molar-refractivity contribution >= 4 is 23.3 Å². The molecule has 0 N–H and O–H groups in total. The van der Waals surface area contributed by atoms with Gasteiger partial charge in [0.05, 0.1) is 5.69 Å². The van der Waals surface area contributed by atoms with Crippen LogP contribution < -0.4 is 5.01 Å². The van der Waals surface area contributed by atoms with Gasteiger partial charge in [0.15, 0.2) is 0 Å². The molecule has 0 amide bonds. The summed E-state index contributed by atoms with van der Waals surface area (Å²) < 4.78 is 0. The molecule has 110 valence electrons. The van der Waals surface area contributed by atoms with Gasteiger partial charge in [0.2, 0.25) is 5.78 Å². The van der Waals surface area contributed by atoms with Crippen molar-refractivity contribution in [2.24, 2.45) is 5.10 Å². The molecule has 2 aromatic carbocycles. The third kappa shape index (κ3) is 3.14. The molecule has 3 rings (SSSR count). The Morgan fingerprint density at radius 1 is 1.09 bits per heavy atom. The molecule has 0 fully saturated rings. The zero-order chi connectivity index (χ0) is 15.4. The number of para-hydroxylation sites is 1. The number of rotatable bonds is 4.